The standard InChI is InChI=1S/C63H69N3O8S4Si2/c1-12-65-53-30-24-45(36-51(53)52-38-49(27-31-54(52)65)74-48-22-20-19-21-23-48)56-33-42(9)61(76-56)58-35-44(11)62(78-58)59-34-43(10)60(77-59)57-32-41(8)55(75-57)37-46(39-64)63(67)66(40-79(68-13-2,69-14-3)70-15-4)47-25-28-50(29-26-47)80(71-16-5,72-17-6)73-18-7/h19-38H,12-18,40H2,1-11H3/b46-37+. The highest BCUT2D eigenvalue weighted by Crippen LogP contribution is 2.49. The van der Waals surface area contributed by atoms with Crippen molar-refractivity contribution in [3.05, 3.63) is 148 Å². The van der Waals surface area contributed by atoms with Crippen molar-refractivity contribution in [3.8, 4) is 57.3 Å². The molecule has 0 saturated carbocycles. The van der Waals surface area contributed by atoms with E-state index in [1.54, 1.807) is 33.6 Å². The number of nitriles is 1. The van der Waals surface area contributed by atoms with E-state index < -0.39 is 23.5 Å². The predicted octanol–water partition coefficient (Wildman–Crippen LogP) is 16.5. The van der Waals surface area contributed by atoms with Crippen molar-refractivity contribution < 1.29 is 36.1 Å². The minimum atomic E-state index is -3.49. The van der Waals surface area contributed by atoms with Crippen LogP contribution < -0.4 is 14.8 Å². The Morgan fingerprint density at radius 3 is 1.60 bits per heavy atom. The zero-order chi connectivity index (χ0) is 56.7. The number of anilines is 1. The number of hydrogen-bond acceptors (Lipinski definition) is 13. The molecule has 0 radical (unpaired) electrons. The lowest BCUT2D eigenvalue weighted by Gasteiger charge is -2.34. The number of nitrogens with zero attached hydrogens (tertiary/aromatic N) is 3. The highest BCUT2D eigenvalue weighted by molar-refractivity contribution is 7.29. The zero-order valence-corrected chi connectivity index (χ0v) is 52.7. The van der Waals surface area contributed by atoms with Crippen LogP contribution in [0.2, 0.25) is 0 Å². The van der Waals surface area contributed by atoms with E-state index >= 15 is 0 Å². The van der Waals surface area contributed by atoms with Gasteiger partial charge in [-0.05, 0) is 189 Å². The average Bonchev–Trinajstić information content (AvgIpc) is 4.31. The monoisotopic (exact) mass is 1180 g/mol. The minimum Gasteiger partial charge on any atom is -0.457 e. The van der Waals surface area contributed by atoms with Crippen molar-refractivity contribution in [2.75, 3.05) is 50.7 Å². The van der Waals surface area contributed by atoms with Crippen molar-refractivity contribution in [1.82, 2.24) is 4.57 Å². The number of aromatic nitrogens is 1. The van der Waals surface area contributed by atoms with E-state index in [1.807, 2.05) is 126 Å². The van der Waals surface area contributed by atoms with Gasteiger partial charge in [0.1, 0.15) is 23.1 Å². The number of benzene rings is 4. The first-order valence-electron chi connectivity index (χ1n) is 27.4. The number of rotatable bonds is 25. The van der Waals surface area contributed by atoms with Gasteiger partial charge in [-0.25, -0.2) is 0 Å². The maximum absolute atomic E-state index is 15.0. The lowest BCUT2D eigenvalue weighted by Crippen LogP contribution is -2.58. The molecule has 0 fully saturated rings. The van der Waals surface area contributed by atoms with E-state index in [4.69, 9.17) is 31.3 Å². The second kappa shape index (κ2) is 26.0. The van der Waals surface area contributed by atoms with Crippen LogP contribution in [0.15, 0.2) is 121 Å². The lowest BCUT2D eigenvalue weighted by molar-refractivity contribution is -0.114. The number of ether oxygens (including phenoxy) is 1. The number of fused-ring (bicyclic) bond motifs is 3. The molecule has 0 bridgehead atoms. The molecule has 0 spiro atoms. The molecule has 0 unspecified atom stereocenters. The Morgan fingerprint density at radius 2 is 1.06 bits per heavy atom. The normalized spacial score (nSPS) is 12.2. The van der Waals surface area contributed by atoms with Gasteiger partial charge in [0.05, 0.1) is 6.17 Å². The molecule has 5 heterocycles. The van der Waals surface area contributed by atoms with Crippen molar-refractivity contribution >= 4 is 108 Å². The predicted molar refractivity (Wildman–Crippen MR) is 337 cm³/mol. The summed E-state index contributed by atoms with van der Waals surface area (Å²) < 4.78 is 46.1. The van der Waals surface area contributed by atoms with Gasteiger partial charge >= 0.3 is 17.6 Å². The Bertz CT molecular complexity index is 3670. The molecule has 0 saturated heterocycles. The largest absolute Gasteiger partial charge is 0.537 e. The highest BCUT2D eigenvalue weighted by atomic mass is 32.1. The van der Waals surface area contributed by atoms with Gasteiger partial charge in [0.2, 0.25) is 0 Å². The zero-order valence-electron chi connectivity index (χ0n) is 47.4. The molecule has 0 N–H and O–H groups in total. The van der Waals surface area contributed by atoms with E-state index in [0.717, 1.165) is 43.4 Å². The van der Waals surface area contributed by atoms with Crippen LogP contribution in [-0.2, 0) is 37.9 Å². The van der Waals surface area contributed by atoms with E-state index in [9.17, 15) is 10.1 Å². The summed E-state index contributed by atoms with van der Waals surface area (Å²) >= 11 is 7.05. The third-order valence-corrected chi connectivity index (χ3v) is 25.1. The fourth-order valence-electron chi connectivity index (χ4n) is 10.2. The third-order valence-electron chi connectivity index (χ3n) is 13.6. The molecule has 11 nitrogen and oxygen atoms in total. The summed E-state index contributed by atoms with van der Waals surface area (Å²) in [5, 5.41) is 14.0. The second-order valence-corrected chi connectivity index (χ2v) is 28.4. The molecule has 0 aliphatic rings. The first-order chi connectivity index (χ1) is 38.7. The number of para-hydroxylation sites is 1. The SMILES string of the molecule is CCO[Si](CN(C(=O)/C(C#N)=C/c1sc(-c2sc(-c3sc(-c4sc(-c5ccc6c(c5)c5cc(Oc7ccccc7)ccc5n6CC)cc4C)cc3C)cc2C)cc1C)c1ccc([Si](OCC)(OCC)OCC)cc1)(OCC)OCC. The molecule has 5 aromatic heterocycles. The maximum Gasteiger partial charge on any atom is 0.537 e. The van der Waals surface area contributed by atoms with Gasteiger partial charge in [-0.1, -0.05) is 36.4 Å². The Kier molecular flexibility index (Phi) is 19.1. The van der Waals surface area contributed by atoms with Crippen LogP contribution in [-0.4, -0.2) is 73.9 Å². The maximum atomic E-state index is 15.0. The molecule has 1 amide bonds. The van der Waals surface area contributed by atoms with Gasteiger partial charge in [0.25, 0.3) is 5.91 Å². The Labute approximate surface area is 488 Å². The topological polar surface area (TPSA) is 114 Å². The molecule has 0 atom stereocenters. The van der Waals surface area contributed by atoms with Gasteiger partial charge in [-0.2, -0.15) is 5.26 Å². The molecule has 4 aromatic carbocycles. The number of amides is 1. The summed E-state index contributed by atoms with van der Waals surface area (Å²) in [6.45, 7) is 25.3. The summed E-state index contributed by atoms with van der Waals surface area (Å²) in [5.74, 6) is 1.14. The highest BCUT2D eigenvalue weighted by Gasteiger charge is 2.46. The molecule has 80 heavy (non-hydrogen) atoms. The smallest absolute Gasteiger partial charge is 0.457 e. The third kappa shape index (κ3) is 12.2. The quantitative estimate of drug-likeness (QED) is 0.0313. The van der Waals surface area contributed by atoms with Crippen LogP contribution in [0.25, 0.3) is 67.6 Å². The second-order valence-electron chi connectivity index (χ2n) is 19.0. The van der Waals surface area contributed by atoms with Gasteiger partial charge in [0.15, 0.2) is 0 Å². The Balaban J connectivity index is 0.995. The number of aryl methyl sites for hydroxylation is 5. The van der Waals surface area contributed by atoms with Crippen molar-refractivity contribution in [1.29, 1.82) is 5.26 Å². The van der Waals surface area contributed by atoms with Crippen LogP contribution in [0.1, 0.15) is 75.6 Å². The molecule has 9 rings (SSSR count). The summed E-state index contributed by atoms with van der Waals surface area (Å²) in [6.07, 6.45) is 1.70. The van der Waals surface area contributed by atoms with Crippen molar-refractivity contribution in [2.24, 2.45) is 0 Å². The van der Waals surface area contributed by atoms with Crippen LogP contribution in [0.3, 0.4) is 0 Å². The van der Waals surface area contributed by atoms with E-state index in [2.05, 4.69) is 99.0 Å². The van der Waals surface area contributed by atoms with Gasteiger partial charge in [0, 0.05) is 118 Å². The van der Waals surface area contributed by atoms with E-state index in [1.165, 1.54) is 68.4 Å². The van der Waals surface area contributed by atoms with Crippen molar-refractivity contribution in [2.45, 2.75) is 82.7 Å². The van der Waals surface area contributed by atoms with Crippen LogP contribution in [0.4, 0.5) is 5.69 Å². The van der Waals surface area contributed by atoms with Gasteiger partial charge in [-0.15, -0.1) is 45.3 Å². The fraction of sp³-hybridized carbons (Fsp3) is 0.302. The molecular formula is C63H69N3O8S4Si2. The Hall–Kier alpha value is -5.83. The number of thiophene rings is 4. The molecule has 9 aromatic rings. The van der Waals surface area contributed by atoms with Crippen LogP contribution in [0.5, 0.6) is 11.5 Å². The molecule has 0 aliphatic carbocycles. The summed E-state index contributed by atoms with van der Waals surface area (Å²) in [5.41, 5.74) is 8.75. The molecule has 0 aliphatic heterocycles. The summed E-state index contributed by atoms with van der Waals surface area (Å²) in [7, 11) is -6.74. The Morgan fingerprint density at radius 1 is 0.562 bits per heavy atom. The lowest BCUT2D eigenvalue weighted by atomic mass is 10.1. The first-order valence-corrected chi connectivity index (χ1v) is 34.3. The van der Waals surface area contributed by atoms with Gasteiger partial charge in [-0.3, -0.25) is 4.79 Å². The summed E-state index contributed by atoms with van der Waals surface area (Å²) in [4.78, 5) is 25.8. The average molecular weight is 1180 g/mol. The van der Waals surface area contributed by atoms with Crippen molar-refractivity contribution in [3.63, 3.8) is 0 Å². The van der Waals surface area contributed by atoms with E-state index in [-0.39, 0.29) is 11.7 Å². The molecule has 17 heteroatoms. The fourth-order valence-corrected chi connectivity index (χ4v) is 20.3. The minimum absolute atomic E-state index is 0.0108. The first kappa shape index (κ1) is 58.8. The summed E-state index contributed by atoms with van der Waals surface area (Å²) in [6, 6.07) is 42.0. The number of carbonyl (C=O) groups excluding carboxylic acids is 1. The van der Waals surface area contributed by atoms with Gasteiger partial charge < -0.3 is 40.8 Å². The molecule has 416 valence electrons. The number of hydrogen-bond donors (Lipinski definition) is 0. The van der Waals surface area contributed by atoms with Crippen LogP contribution in [0, 0.1) is 39.0 Å². The molecular weight excluding hydrogens is 1110 g/mol. The van der Waals surface area contributed by atoms with Crippen LogP contribution >= 0.6 is 45.3 Å². The van der Waals surface area contributed by atoms with E-state index in [0.29, 0.717) is 45.3 Å². The number of carbonyl (C=O) groups is 1.